The minimum absolute atomic E-state index is 0.0162. The number of nitrogens with two attached hydrogens (primary N) is 1. The van der Waals surface area contributed by atoms with Crippen LogP contribution in [-0.4, -0.2) is 30.8 Å². The van der Waals surface area contributed by atoms with Crippen molar-refractivity contribution in [3.63, 3.8) is 0 Å². The maximum atomic E-state index is 11.9. The van der Waals surface area contributed by atoms with Gasteiger partial charge in [0.15, 0.2) is 0 Å². The zero-order valence-corrected chi connectivity index (χ0v) is 12.7. The van der Waals surface area contributed by atoms with Gasteiger partial charge in [0.25, 0.3) is 0 Å². The minimum Gasteiger partial charge on any atom is -0.466 e. The Balaban J connectivity index is 2.65. The first-order valence-electron chi connectivity index (χ1n) is 7.61. The molecule has 1 rings (SSSR count). The van der Waals surface area contributed by atoms with E-state index >= 15 is 0 Å². The molecule has 0 amide bonds. The first-order valence-corrected chi connectivity index (χ1v) is 7.61. The van der Waals surface area contributed by atoms with Gasteiger partial charge in [-0.05, 0) is 38.5 Å². The van der Waals surface area contributed by atoms with Crippen LogP contribution in [0.15, 0.2) is 0 Å². The third kappa shape index (κ3) is 4.46. The van der Waals surface area contributed by atoms with E-state index in [1.165, 1.54) is 0 Å². The fraction of sp³-hybridized carbons (Fsp3) is 0.933. The highest BCUT2D eigenvalue weighted by molar-refractivity contribution is 5.72. The number of carbonyl (C=O) groups is 1. The predicted molar refractivity (Wildman–Crippen MR) is 75.7 cm³/mol. The molecule has 2 N–H and O–H groups in total. The van der Waals surface area contributed by atoms with Gasteiger partial charge in [0, 0.05) is 6.04 Å². The van der Waals surface area contributed by atoms with E-state index in [0.717, 1.165) is 19.3 Å². The monoisotopic (exact) mass is 271 g/mol. The normalized spacial score (nSPS) is 31.5. The smallest absolute Gasteiger partial charge is 0.309 e. The van der Waals surface area contributed by atoms with Crippen LogP contribution in [0.5, 0.6) is 0 Å². The Kier molecular flexibility index (Phi) is 6.80. The molecule has 0 bridgehead atoms. The molecule has 0 radical (unpaired) electrons. The van der Waals surface area contributed by atoms with Crippen LogP contribution in [-0.2, 0) is 14.3 Å². The Morgan fingerprint density at radius 2 is 1.89 bits per heavy atom. The summed E-state index contributed by atoms with van der Waals surface area (Å²) in [6.45, 7) is 8.65. The van der Waals surface area contributed by atoms with Crippen LogP contribution in [0, 0.1) is 11.8 Å². The molecule has 0 unspecified atom stereocenters. The van der Waals surface area contributed by atoms with Crippen LogP contribution in [0.25, 0.3) is 0 Å². The second-order valence-electron chi connectivity index (χ2n) is 5.56. The molecule has 0 saturated heterocycles. The Labute approximate surface area is 117 Å². The number of esters is 1. The van der Waals surface area contributed by atoms with Crippen molar-refractivity contribution in [3.05, 3.63) is 0 Å². The second-order valence-corrected chi connectivity index (χ2v) is 5.56. The topological polar surface area (TPSA) is 61.5 Å². The SMILES string of the molecule is CCOC(=O)[C@@H]1C[C@H](N)[C@@H](C)[C@H](OC(CC)CC)C1. The molecule has 0 aromatic heterocycles. The summed E-state index contributed by atoms with van der Waals surface area (Å²) in [6, 6.07) is 0.0162. The molecule has 19 heavy (non-hydrogen) atoms. The van der Waals surface area contributed by atoms with Crippen molar-refractivity contribution in [2.45, 2.75) is 71.6 Å². The van der Waals surface area contributed by atoms with E-state index in [4.69, 9.17) is 15.2 Å². The van der Waals surface area contributed by atoms with Gasteiger partial charge in [-0.2, -0.15) is 0 Å². The van der Waals surface area contributed by atoms with Gasteiger partial charge in [-0.3, -0.25) is 4.79 Å². The summed E-state index contributed by atoms with van der Waals surface area (Å²) in [5.74, 6) is 0.0692. The van der Waals surface area contributed by atoms with Gasteiger partial charge in [0.1, 0.15) is 0 Å². The molecule has 1 aliphatic rings. The molecule has 1 aliphatic carbocycles. The fourth-order valence-electron chi connectivity index (χ4n) is 2.77. The van der Waals surface area contributed by atoms with Crippen molar-refractivity contribution < 1.29 is 14.3 Å². The second kappa shape index (κ2) is 7.85. The summed E-state index contributed by atoms with van der Waals surface area (Å²) < 4.78 is 11.3. The molecular formula is C15H29NO3. The Morgan fingerprint density at radius 1 is 1.26 bits per heavy atom. The predicted octanol–water partition coefficient (Wildman–Crippen LogP) is 2.50. The van der Waals surface area contributed by atoms with Crippen LogP contribution in [0.1, 0.15) is 53.4 Å². The lowest BCUT2D eigenvalue weighted by Gasteiger charge is -2.39. The van der Waals surface area contributed by atoms with Crippen LogP contribution in [0.4, 0.5) is 0 Å². The van der Waals surface area contributed by atoms with E-state index in [9.17, 15) is 4.79 Å². The van der Waals surface area contributed by atoms with Crippen LogP contribution < -0.4 is 5.73 Å². The highest BCUT2D eigenvalue weighted by Crippen LogP contribution is 2.32. The van der Waals surface area contributed by atoms with Crippen molar-refractivity contribution in [3.8, 4) is 0 Å². The van der Waals surface area contributed by atoms with Crippen molar-refractivity contribution in [2.75, 3.05) is 6.61 Å². The van der Waals surface area contributed by atoms with Gasteiger partial charge < -0.3 is 15.2 Å². The molecule has 1 saturated carbocycles. The summed E-state index contributed by atoms with van der Waals surface area (Å²) >= 11 is 0. The quantitative estimate of drug-likeness (QED) is 0.754. The van der Waals surface area contributed by atoms with E-state index in [1.807, 2.05) is 6.92 Å². The minimum atomic E-state index is -0.122. The zero-order chi connectivity index (χ0) is 14.4. The molecule has 4 nitrogen and oxygen atoms in total. The molecule has 0 spiro atoms. The Morgan fingerprint density at radius 3 is 2.42 bits per heavy atom. The van der Waals surface area contributed by atoms with E-state index in [-0.39, 0.29) is 30.1 Å². The molecule has 0 aromatic carbocycles. The number of ether oxygens (including phenoxy) is 2. The molecule has 0 aromatic rings. The number of hydrogen-bond donors (Lipinski definition) is 1. The largest absolute Gasteiger partial charge is 0.466 e. The van der Waals surface area contributed by atoms with Crippen molar-refractivity contribution in [1.29, 1.82) is 0 Å². The van der Waals surface area contributed by atoms with Crippen molar-refractivity contribution >= 4 is 5.97 Å². The summed E-state index contributed by atoms with van der Waals surface area (Å²) in [4.78, 5) is 11.9. The standard InChI is InChI=1S/C15H29NO3/c1-5-12(6-2)19-14-9-11(15(17)18-7-3)8-13(16)10(14)4/h10-14H,5-9,16H2,1-4H3/t10-,11-,13+,14-/m1/s1. The molecule has 4 atom stereocenters. The molecular weight excluding hydrogens is 242 g/mol. The maximum Gasteiger partial charge on any atom is 0.309 e. The van der Waals surface area contributed by atoms with Crippen molar-refractivity contribution in [1.82, 2.24) is 0 Å². The number of carbonyl (C=O) groups excluding carboxylic acids is 1. The lowest BCUT2D eigenvalue weighted by Crippen LogP contribution is -2.47. The van der Waals surface area contributed by atoms with Gasteiger partial charge in [-0.15, -0.1) is 0 Å². The van der Waals surface area contributed by atoms with E-state index < -0.39 is 0 Å². The van der Waals surface area contributed by atoms with Gasteiger partial charge in [-0.25, -0.2) is 0 Å². The number of rotatable bonds is 6. The third-order valence-corrected chi connectivity index (χ3v) is 4.23. The Hall–Kier alpha value is -0.610. The maximum absolute atomic E-state index is 11.9. The molecule has 0 aliphatic heterocycles. The first-order chi connectivity index (χ1) is 9.03. The lowest BCUT2D eigenvalue weighted by molar-refractivity contribution is -0.154. The van der Waals surface area contributed by atoms with Crippen LogP contribution >= 0.6 is 0 Å². The van der Waals surface area contributed by atoms with Crippen LogP contribution in [0.3, 0.4) is 0 Å². The summed E-state index contributed by atoms with van der Waals surface area (Å²) in [5.41, 5.74) is 6.16. The zero-order valence-electron chi connectivity index (χ0n) is 12.7. The molecule has 1 fully saturated rings. The average molecular weight is 271 g/mol. The molecule has 4 heteroatoms. The van der Waals surface area contributed by atoms with Gasteiger partial charge >= 0.3 is 5.97 Å². The number of hydrogen-bond acceptors (Lipinski definition) is 4. The van der Waals surface area contributed by atoms with Gasteiger partial charge in [0.05, 0.1) is 24.7 Å². The Bertz CT molecular complexity index is 279. The first kappa shape index (κ1) is 16.4. The molecule has 0 heterocycles. The summed E-state index contributed by atoms with van der Waals surface area (Å²) in [7, 11) is 0. The van der Waals surface area contributed by atoms with E-state index in [0.29, 0.717) is 18.9 Å². The van der Waals surface area contributed by atoms with Gasteiger partial charge in [-0.1, -0.05) is 20.8 Å². The summed E-state index contributed by atoms with van der Waals surface area (Å²) in [5, 5.41) is 0. The lowest BCUT2D eigenvalue weighted by atomic mass is 9.77. The van der Waals surface area contributed by atoms with Crippen molar-refractivity contribution in [2.24, 2.45) is 17.6 Å². The third-order valence-electron chi connectivity index (χ3n) is 4.23. The van der Waals surface area contributed by atoms with E-state index in [2.05, 4.69) is 20.8 Å². The fourth-order valence-corrected chi connectivity index (χ4v) is 2.77. The highest BCUT2D eigenvalue weighted by atomic mass is 16.5. The average Bonchev–Trinajstić information content (AvgIpc) is 2.40. The molecule has 112 valence electrons. The van der Waals surface area contributed by atoms with E-state index in [1.54, 1.807) is 0 Å². The van der Waals surface area contributed by atoms with Gasteiger partial charge in [0.2, 0.25) is 0 Å². The summed E-state index contributed by atoms with van der Waals surface area (Å²) in [6.07, 6.45) is 3.79. The van der Waals surface area contributed by atoms with Crippen LogP contribution in [0.2, 0.25) is 0 Å². The highest BCUT2D eigenvalue weighted by Gasteiger charge is 2.38.